The van der Waals surface area contributed by atoms with Crippen molar-refractivity contribution in [1.29, 1.82) is 0 Å². The van der Waals surface area contributed by atoms with Gasteiger partial charge in [-0.25, -0.2) is 0 Å². The molecule has 1 unspecified atom stereocenters. The van der Waals surface area contributed by atoms with Crippen molar-refractivity contribution in [3.63, 3.8) is 0 Å². The Bertz CT molecular complexity index is 203. The minimum Gasteiger partial charge on any atom is -0.329 e. The molecule has 0 spiro atoms. The molecular formula is C13H29N3. The Kier molecular flexibility index (Phi) is 5.22. The number of likely N-dealkylation sites (tertiary alicyclic amines) is 1. The first kappa shape index (κ1) is 13.9. The SMILES string of the molecule is CCC(CC)N(C)C1(CN)CCCN(C)C1. The number of nitrogens with zero attached hydrogens (tertiary/aromatic N) is 2. The molecule has 1 fully saturated rings. The number of nitrogens with two attached hydrogens (primary N) is 1. The predicted molar refractivity (Wildman–Crippen MR) is 70.6 cm³/mol. The third kappa shape index (κ3) is 2.76. The normalized spacial score (nSPS) is 27.9. The van der Waals surface area contributed by atoms with Crippen LogP contribution in [0.3, 0.4) is 0 Å². The summed E-state index contributed by atoms with van der Waals surface area (Å²) in [6, 6.07) is 0.676. The second-order valence-corrected chi connectivity index (χ2v) is 5.35. The summed E-state index contributed by atoms with van der Waals surface area (Å²) < 4.78 is 0. The summed E-state index contributed by atoms with van der Waals surface area (Å²) in [5, 5.41) is 0. The molecule has 0 aromatic carbocycles. The summed E-state index contributed by atoms with van der Waals surface area (Å²) >= 11 is 0. The van der Waals surface area contributed by atoms with Gasteiger partial charge in [0.15, 0.2) is 0 Å². The molecule has 0 aliphatic carbocycles. The summed E-state index contributed by atoms with van der Waals surface area (Å²) in [5.74, 6) is 0. The van der Waals surface area contributed by atoms with Crippen LogP contribution in [0.5, 0.6) is 0 Å². The summed E-state index contributed by atoms with van der Waals surface area (Å²) in [6.07, 6.45) is 4.97. The lowest BCUT2D eigenvalue weighted by Crippen LogP contribution is -2.63. The zero-order chi connectivity index (χ0) is 12.2. The average molecular weight is 227 g/mol. The molecule has 1 heterocycles. The number of hydrogen-bond donors (Lipinski definition) is 1. The molecule has 0 radical (unpaired) electrons. The fourth-order valence-corrected chi connectivity index (χ4v) is 3.16. The van der Waals surface area contributed by atoms with Crippen LogP contribution in [-0.4, -0.2) is 55.1 Å². The molecule has 0 saturated carbocycles. The first-order valence-corrected chi connectivity index (χ1v) is 6.71. The van der Waals surface area contributed by atoms with Crippen molar-refractivity contribution in [3.05, 3.63) is 0 Å². The van der Waals surface area contributed by atoms with E-state index in [0.29, 0.717) is 6.04 Å². The van der Waals surface area contributed by atoms with Gasteiger partial charge < -0.3 is 10.6 Å². The highest BCUT2D eigenvalue weighted by atomic mass is 15.3. The highest BCUT2D eigenvalue weighted by Gasteiger charge is 2.38. The van der Waals surface area contributed by atoms with Crippen molar-refractivity contribution in [2.75, 3.05) is 33.7 Å². The summed E-state index contributed by atoms with van der Waals surface area (Å²) in [7, 11) is 4.48. The first-order valence-electron chi connectivity index (χ1n) is 6.71. The van der Waals surface area contributed by atoms with E-state index >= 15 is 0 Å². The standard InChI is InChI=1S/C13H29N3/c1-5-12(6-2)16(4)13(10-14)8-7-9-15(3)11-13/h12H,5-11,14H2,1-4H3. The van der Waals surface area contributed by atoms with E-state index in [0.717, 1.165) is 13.1 Å². The van der Waals surface area contributed by atoms with E-state index in [1.807, 2.05) is 0 Å². The zero-order valence-corrected chi connectivity index (χ0v) is 11.5. The Labute approximate surface area is 101 Å². The van der Waals surface area contributed by atoms with Gasteiger partial charge in [-0.2, -0.15) is 0 Å². The van der Waals surface area contributed by atoms with Crippen LogP contribution in [0.25, 0.3) is 0 Å². The lowest BCUT2D eigenvalue weighted by atomic mass is 9.86. The van der Waals surface area contributed by atoms with E-state index in [1.54, 1.807) is 0 Å². The second-order valence-electron chi connectivity index (χ2n) is 5.35. The monoisotopic (exact) mass is 227 g/mol. The van der Waals surface area contributed by atoms with E-state index in [4.69, 9.17) is 5.73 Å². The maximum absolute atomic E-state index is 6.08. The molecule has 1 saturated heterocycles. The van der Waals surface area contributed by atoms with Gasteiger partial charge in [0, 0.05) is 24.7 Å². The van der Waals surface area contributed by atoms with Crippen molar-refractivity contribution in [1.82, 2.24) is 9.80 Å². The number of hydrogen-bond acceptors (Lipinski definition) is 3. The molecule has 1 aliphatic rings. The smallest absolute Gasteiger partial charge is 0.0458 e. The van der Waals surface area contributed by atoms with Crippen LogP contribution in [-0.2, 0) is 0 Å². The number of piperidine rings is 1. The van der Waals surface area contributed by atoms with Crippen LogP contribution in [0, 0.1) is 0 Å². The second kappa shape index (κ2) is 5.99. The molecule has 2 N–H and O–H groups in total. The summed E-state index contributed by atoms with van der Waals surface area (Å²) in [6.45, 7) is 7.68. The Morgan fingerprint density at radius 1 is 1.38 bits per heavy atom. The van der Waals surface area contributed by atoms with Crippen molar-refractivity contribution < 1.29 is 0 Å². The van der Waals surface area contributed by atoms with Crippen LogP contribution in [0.4, 0.5) is 0 Å². The Morgan fingerprint density at radius 2 is 2.00 bits per heavy atom. The minimum atomic E-state index is 0.212. The van der Waals surface area contributed by atoms with Gasteiger partial charge in [0.25, 0.3) is 0 Å². The van der Waals surface area contributed by atoms with Crippen molar-refractivity contribution >= 4 is 0 Å². The molecule has 96 valence electrons. The van der Waals surface area contributed by atoms with Gasteiger partial charge in [0.05, 0.1) is 0 Å². The van der Waals surface area contributed by atoms with Crippen LogP contribution >= 0.6 is 0 Å². The molecule has 1 atom stereocenters. The molecule has 3 heteroatoms. The first-order chi connectivity index (χ1) is 7.59. The molecule has 3 nitrogen and oxygen atoms in total. The maximum atomic E-state index is 6.08. The zero-order valence-electron chi connectivity index (χ0n) is 11.5. The number of rotatable bonds is 5. The molecular weight excluding hydrogens is 198 g/mol. The van der Waals surface area contributed by atoms with E-state index in [2.05, 4.69) is 37.7 Å². The van der Waals surface area contributed by atoms with Crippen molar-refractivity contribution in [2.24, 2.45) is 5.73 Å². The predicted octanol–water partition coefficient (Wildman–Crippen LogP) is 1.53. The van der Waals surface area contributed by atoms with Gasteiger partial charge in [0.2, 0.25) is 0 Å². The van der Waals surface area contributed by atoms with Gasteiger partial charge in [-0.15, -0.1) is 0 Å². The molecule has 0 aromatic heterocycles. The van der Waals surface area contributed by atoms with Gasteiger partial charge in [-0.3, -0.25) is 4.90 Å². The molecule has 0 amide bonds. The Morgan fingerprint density at radius 3 is 2.44 bits per heavy atom. The third-order valence-electron chi connectivity index (χ3n) is 4.36. The summed E-state index contributed by atoms with van der Waals surface area (Å²) in [5.41, 5.74) is 6.29. The molecule has 0 bridgehead atoms. The lowest BCUT2D eigenvalue weighted by molar-refractivity contribution is 0.0129. The van der Waals surface area contributed by atoms with Crippen molar-refractivity contribution in [3.8, 4) is 0 Å². The van der Waals surface area contributed by atoms with Gasteiger partial charge in [-0.1, -0.05) is 13.8 Å². The molecule has 1 rings (SSSR count). The topological polar surface area (TPSA) is 32.5 Å². The Balaban J connectivity index is 2.77. The quantitative estimate of drug-likeness (QED) is 0.773. The third-order valence-corrected chi connectivity index (χ3v) is 4.36. The largest absolute Gasteiger partial charge is 0.329 e. The maximum Gasteiger partial charge on any atom is 0.0458 e. The van der Waals surface area contributed by atoms with E-state index in [-0.39, 0.29) is 5.54 Å². The van der Waals surface area contributed by atoms with E-state index in [9.17, 15) is 0 Å². The summed E-state index contributed by atoms with van der Waals surface area (Å²) in [4.78, 5) is 4.98. The van der Waals surface area contributed by atoms with Crippen LogP contribution in [0.1, 0.15) is 39.5 Å². The number of likely N-dealkylation sites (N-methyl/N-ethyl adjacent to an activating group) is 2. The highest BCUT2D eigenvalue weighted by Crippen LogP contribution is 2.28. The van der Waals surface area contributed by atoms with Crippen LogP contribution < -0.4 is 5.73 Å². The highest BCUT2D eigenvalue weighted by molar-refractivity contribution is 4.97. The van der Waals surface area contributed by atoms with Gasteiger partial charge >= 0.3 is 0 Å². The minimum absolute atomic E-state index is 0.212. The molecule has 16 heavy (non-hydrogen) atoms. The average Bonchev–Trinajstić information content (AvgIpc) is 2.30. The van der Waals surface area contributed by atoms with E-state index in [1.165, 1.54) is 32.2 Å². The lowest BCUT2D eigenvalue weighted by Gasteiger charge is -2.49. The Hall–Kier alpha value is -0.120. The van der Waals surface area contributed by atoms with Crippen LogP contribution in [0.15, 0.2) is 0 Å². The van der Waals surface area contributed by atoms with E-state index < -0.39 is 0 Å². The van der Waals surface area contributed by atoms with Crippen molar-refractivity contribution in [2.45, 2.75) is 51.1 Å². The van der Waals surface area contributed by atoms with Gasteiger partial charge in [-0.05, 0) is 46.3 Å². The molecule has 0 aromatic rings. The fourth-order valence-electron chi connectivity index (χ4n) is 3.16. The van der Waals surface area contributed by atoms with Gasteiger partial charge in [0.1, 0.15) is 0 Å². The fraction of sp³-hybridized carbons (Fsp3) is 1.00. The molecule has 1 aliphatic heterocycles. The van der Waals surface area contributed by atoms with Crippen LogP contribution in [0.2, 0.25) is 0 Å².